The molecule has 4 nitrogen and oxygen atoms in total. The first-order chi connectivity index (χ1) is 9.81. The number of pyridine rings is 1. The van der Waals surface area contributed by atoms with Gasteiger partial charge in [-0.3, -0.25) is 0 Å². The predicted molar refractivity (Wildman–Crippen MR) is 69.6 cm³/mol. The highest BCUT2D eigenvalue weighted by Crippen LogP contribution is 2.35. The molecule has 0 saturated carbocycles. The second-order valence-corrected chi connectivity index (χ2v) is 4.27. The quantitative estimate of drug-likeness (QED) is 0.858. The molecule has 0 saturated heterocycles. The van der Waals surface area contributed by atoms with E-state index in [1.54, 1.807) is 13.0 Å². The first-order valence-corrected chi connectivity index (χ1v) is 5.83. The molecule has 2 N–H and O–H groups in total. The van der Waals surface area contributed by atoms with Crippen molar-refractivity contribution in [2.24, 2.45) is 0 Å². The van der Waals surface area contributed by atoms with Crippen LogP contribution in [0.5, 0.6) is 11.6 Å². The highest BCUT2D eigenvalue weighted by atomic mass is 19.4. The number of nitrogens with two attached hydrogens (primary N) is 1. The van der Waals surface area contributed by atoms with Crippen molar-refractivity contribution in [1.29, 1.82) is 5.26 Å². The summed E-state index contributed by atoms with van der Waals surface area (Å²) >= 11 is 0. The van der Waals surface area contributed by atoms with Gasteiger partial charge in [-0.1, -0.05) is 0 Å². The summed E-state index contributed by atoms with van der Waals surface area (Å²) < 4.78 is 43.0. The Morgan fingerprint density at radius 1 is 1.24 bits per heavy atom. The molecule has 0 spiro atoms. The smallest absolute Gasteiger partial charge is 0.416 e. The SMILES string of the molecule is Cc1ccc(C#N)c(Oc2ccc(C(F)(F)F)cc2N)n1. The zero-order valence-electron chi connectivity index (χ0n) is 10.9. The number of halogens is 3. The van der Waals surface area contributed by atoms with Crippen molar-refractivity contribution in [3.05, 3.63) is 47.2 Å². The van der Waals surface area contributed by atoms with Crippen molar-refractivity contribution in [1.82, 2.24) is 4.98 Å². The molecule has 0 aliphatic heterocycles. The lowest BCUT2D eigenvalue weighted by atomic mass is 10.2. The van der Waals surface area contributed by atoms with Gasteiger partial charge in [0.2, 0.25) is 5.88 Å². The van der Waals surface area contributed by atoms with E-state index in [-0.39, 0.29) is 22.9 Å². The minimum Gasteiger partial charge on any atom is -0.436 e. The average Bonchev–Trinajstić information content (AvgIpc) is 2.40. The van der Waals surface area contributed by atoms with E-state index in [1.165, 1.54) is 6.07 Å². The lowest BCUT2D eigenvalue weighted by molar-refractivity contribution is -0.137. The molecule has 1 aromatic carbocycles. The zero-order chi connectivity index (χ0) is 15.6. The molecule has 0 atom stereocenters. The first-order valence-electron chi connectivity index (χ1n) is 5.83. The number of anilines is 1. The fraction of sp³-hybridized carbons (Fsp3) is 0.143. The van der Waals surface area contributed by atoms with Gasteiger partial charge in [0.15, 0.2) is 5.75 Å². The number of nitrogen functional groups attached to an aromatic ring is 1. The number of hydrogen-bond acceptors (Lipinski definition) is 4. The minimum atomic E-state index is -4.48. The van der Waals surface area contributed by atoms with Crippen LogP contribution in [0.4, 0.5) is 18.9 Å². The van der Waals surface area contributed by atoms with Gasteiger partial charge in [-0.15, -0.1) is 0 Å². The van der Waals surface area contributed by atoms with E-state index in [0.29, 0.717) is 5.69 Å². The minimum absolute atomic E-state index is 0.00367. The van der Waals surface area contributed by atoms with Crippen LogP contribution in [0.1, 0.15) is 16.8 Å². The van der Waals surface area contributed by atoms with Crippen molar-refractivity contribution in [3.8, 4) is 17.7 Å². The van der Waals surface area contributed by atoms with Crippen LogP contribution in [0.15, 0.2) is 30.3 Å². The Morgan fingerprint density at radius 2 is 1.95 bits per heavy atom. The third-order valence-electron chi connectivity index (χ3n) is 2.66. The molecule has 108 valence electrons. The summed E-state index contributed by atoms with van der Waals surface area (Å²) in [7, 11) is 0. The van der Waals surface area contributed by atoms with Crippen LogP contribution in [0.2, 0.25) is 0 Å². The number of nitrogens with zero attached hydrogens (tertiary/aromatic N) is 2. The monoisotopic (exact) mass is 293 g/mol. The first kappa shape index (κ1) is 14.7. The van der Waals surface area contributed by atoms with Crippen LogP contribution in [0, 0.1) is 18.3 Å². The molecule has 21 heavy (non-hydrogen) atoms. The highest BCUT2D eigenvalue weighted by Gasteiger charge is 2.31. The summed E-state index contributed by atoms with van der Waals surface area (Å²) in [5.74, 6) is 0.0153. The Balaban J connectivity index is 2.37. The number of aryl methyl sites for hydroxylation is 1. The summed E-state index contributed by atoms with van der Waals surface area (Å²) in [6, 6.07) is 7.76. The lowest BCUT2D eigenvalue weighted by Crippen LogP contribution is -2.06. The van der Waals surface area contributed by atoms with Gasteiger partial charge < -0.3 is 10.5 Å². The molecular formula is C14H10F3N3O. The van der Waals surface area contributed by atoms with Gasteiger partial charge in [0, 0.05) is 5.69 Å². The summed E-state index contributed by atoms with van der Waals surface area (Å²) in [6.07, 6.45) is -4.48. The third-order valence-corrected chi connectivity index (χ3v) is 2.66. The van der Waals surface area contributed by atoms with Crippen molar-refractivity contribution in [2.45, 2.75) is 13.1 Å². The van der Waals surface area contributed by atoms with Crippen LogP contribution in [-0.2, 0) is 6.18 Å². The highest BCUT2D eigenvalue weighted by molar-refractivity contribution is 5.56. The van der Waals surface area contributed by atoms with Gasteiger partial charge in [0.05, 0.1) is 11.3 Å². The second-order valence-electron chi connectivity index (χ2n) is 4.27. The van der Waals surface area contributed by atoms with Crippen molar-refractivity contribution in [3.63, 3.8) is 0 Å². The molecule has 0 bridgehead atoms. The number of alkyl halides is 3. The summed E-state index contributed by atoms with van der Waals surface area (Å²) in [5.41, 5.74) is 5.28. The maximum absolute atomic E-state index is 12.5. The molecule has 0 aliphatic carbocycles. The van der Waals surface area contributed by atoms with E-state index in [9.17, 15) is 13.2 Å². The Kier molecular flexibility index (Phi) is 3.72. The van der Waals surface area contributed by atoms with Gasteiger partial charge in [-0.2, -0.15) is 18.4 Å². The molecular weight excluding hydrogens is 283 g/mol. The summed E-state index contributed by atoms with van der Waals surface area (Å²) in [5, 5.41) is 8.96. The fourth-order valence-electron chi connectivity index (χ4n) is 1.62. The van der Waals surface area contributed by atoms with E-state index in [0.717, 1.165) is 18.2 Å². The van der Waals surface area contributed by atoms with Crippen LogP contribution >= 0.6 is 0 Å². The normalized spacial score (nSPS) is 11.0. The Bertz CT molecular complexity index is 720. The predicted octanol–water partition coefficient (Wildman–Crippen LogP) is 3.66. The maximum atomic E-state index is 12.5. The van der Waals surface area contributed by atoms with Crippen molar-refractivity contribution >= 4 is 5.69 Å². The second kappa shape index (κ2) is 5.32. The van der Waals surface area contributed by atoms with E-state index in [2.05, 4.69) is 4.98 Å². The molecule has 0 aliphatic rings. The average molecular weight is 293 g/mol. The fourth-order valence-corrected chi connectivity index (χ4v) is 1.62. The van der Waals surface area contributed by atoms with E-state index in [1.807, 2.05) is 6.07 Å². The molecule has 0 radical (unpaired) electrons. The van der Waals surface area contributed by atoms with Crippen LogP contribution < -0.4 is 10.5 Å². The van der Waals surface area contributed by atoms with E-state index >= 15 is 0 Å². The molecule has 0 unspecified atom stereocenters. The van der Waals surface area contributed by atoms with Crippen LogP contribution in [0.25, 0.3) is 0 Å². The molecule has 2 rings (SSSR count). The molecule has 1 aromatic heterocycles. The van der Waals surface area contributed by atoms with E-state index in [4.69, 9.17) is 15.7 Å². The van der Waals surface area contributed by atoms with Gasteiger partial charge in [0.1, 0.15) is 11.6 Å². The molecule has 0 fully saturated rings. The number of hydrogen-bond donors (Lipinski definition) is 1. The van der Waals surface area contributed by atoms with Crippen molar-refractivity contribution < 1.29 is 17.9 Å². The number of rotatable bonds is 2. The van der Waals surface area contributed by atoms with Gasteiger partial charge in [-0.25, -0.2) is 4.98 Å². The zero-order valence-corrected chi connectivity index (χ0v) is 10.9. The van der Waals surface area contributed by atoms with Gasteiger partial charge in [0.25, 0.3) is 0 Å². The number of benzene rings is 1. The van der Waals surface area contributed by atoms with Gasteiger partial charge >= 0.3 is 6.18 Å². The standard InChI is InChI=1S/C14H10F3N3O/c1-8-2-3-9(7-18)13(20-8)21-12-5-4-10(6-11(12)19)14(15,16)17/h2-6H,19H2,1H3. The summed E-state index contributed by atoms with van der Waals surface area (Å²) in [6.45, 7) is 1.70. The lowest BCUT2D eigenvalue weighted by Gasteiger charge is -2.12. The number of nitriles is 1. The number of ether oxygens (including phenoxy) is 1. The van der Waals surface area contributed by atoms with Crippen LogP contribution in [-0.4, -0.2) is 4.98 Å². The number of aromatic nitrogens is 1. The Labute approximate surface area is 118 Å². The van der Waals surface area contributed by atoms with Crippen LogP contribution in [0.3, 0.4) is 0 Å². The molecule has 1 heterocycles. The van der Waals surface area contributed by atoms with E-state index < -0.39 is 11.7 Å². The largest absolute Gasteiger partial charge is 0.436 e. The molecule has 2 aromatic rings. The molecule has 0 amide bonds. The maximum Gasteiger partial charge on any atom is 0.416 e. The Morgan fingerprint density at radius 3 is 2.52 bits per heavy atom. The Hall–Kier alpha value is -2.75. The van der Waals surface area contributed by atoms with Gasteiger partial charge in [-0.05, 0) is 37.3 Å². The topological polar surface area (TPSA) is 71.9 Å². The third kappa shape index (κ3) is 3.23. The van der Waals surface area contributed by atoms with Crippen molar-refractivity contribution in [2.75, 3.05) is 5.73 Å². The molecule has 7 heteroatoms. The summed E-state index contributed by atoms with van der Waals surface area (Å²) in [4.78, 5) is 4.03.